The first-order valence-electron chi connectivity index (χ1n) is 4.58. The third-order valence-electron chi connectivity index (χ3n) is 2.13. The van der Waals surface area contributed by atoms with E-state index < -0.39 is 0 Å². The van der Waals surface area contributed by atoms with E-state index in [-0.39, 0.29) is 19.2 Å². The molecular weight excluding hydrogens is 192 g/mol. The molecule has 1 heteroatoms. The Morgan fingerprint density at radius 1 is 1.15 bits per heavy atom. The molecule has 0 heterocycles. The van der Waals surface area contributed by atoms with Gasteiger partial charge in [-0.25, -0.2) is 0 Å². The fraction of sp³-hybridized carbons (Fsp3) is 0.167. The molecule has 13 heavy (non-hydrogen) atoms. The second kappa shape index (κ2) is 4.59. The third kappa shape index (κ3) is 2.68. The molecular formula is C12H12Ti. The van der Waals surface area contributed by atoms with Gasteiger partial charge >= 0.3 is 88.3 Å². The Morgan fingerprint density at radius 3 is 2.69 bits per heavy atom. The zero-order valence-corrected chi connectivity index (χ0v) is 9.09. The van der Waals surface area contributed by atoms with Gasteiger partial charge in [-0.3, -0.25) is 0 Å². The molecule has 0 radical (unpaired) electrons. The summed E-state index contributed by atoms with van der Waals surface area (Å²) in [5.41, 5.74) is 1.50. The van der Waals surface area contributed by atoms with Crippen LogP contribution in [0.25, 0.3) is 0 Å². The number of allylic oxidation sites excluding steroid dienone is 4. The van der Waals surface area contributed by atoms with Gasteiger partial charge in [0.1, 0.15) is 0 Å². The molecule has 0 nitrogen and oxygen atoms in total. The van der Waals surface area contributed by atoms with Gasteiger partial charge in [-0.15, -0.1) is 0 Å². The molecule has 1 aliphatic rings. The first kappa shape index (κ1) is 8.99. The molecule has 1 aromatic carbocycles. The van der Waals surface area contributed by atoms with Crippen molar-refractivity contribution in [3.05, 3.63) is 58.0 Å². The molecule has 0 aromatic heterocycles. The topological polar surface area (TPSA) is 0 Å². The SMILES string of the molecule is C1=CC[C]([Ti][CH2]c2ccccc2)=C1. The molecule has 0 spiro atoms. The molecule has 64 valence electrons. The van der Waals surface area contributed by atoms with E-state index in [1.165, 1.54) is 16.7 Å². The quantitative estimate of drug-likeness (QED) is 0.663. The molecule has 0 saturated heterocycles. The van der Waals surface area contributed by atoms with Crippen molar-refractivity contribution in [1.29, 1.82) is 0 Å². The average Bonchev–Trinajstić information content (AvgIpc) is 2.69. The van der Waals surface area contributed by atoms with Crippen LogP contribution in [-0.4, -0.2) is 0 Å². The van der Waals surface area contributed by atoms with Gasteiger partial charge in [-0.1, -0.05) is 0 Å². The Bertz CT molecular complexity index is 322. The van der Waals surface area contributed by atoms with Crippen molar-refractivity contribution in [3.8, 4) is 0 Å². The fourth-order valence-electron chi connectivity index (χ4n) is 1.39. The normalized spacial score (nSPS) is 14.3. The summed E-state index contributed by atoms with van der Waals surface area (Å²) in [7, 11) is 0. The number of rotatable bonds is 3. The van der Waals surface area contributed by atoms with Crippen molar-refractivity contribution in [1.82, 2.24) is 0 Å². The Kier molecular flexibility index (Phi) is 3.18. The molecule has 1 aliphatic carbocycles. The predicted molar refractivity (Wildman–Crippen MR) is 52.0 cm³/mol. The summed E-state index contributed by atoms with van der Waals surface area (Å²) in [6, 6.07) is 10.8. The molecule has 0 bridgehead atoms. The third-order valence-corrected chi connectivity index (χ3v) is 4.34. The number of benzene rings is 1. The van der Waals surface area contributed by atoms with Crippen LogP contribution in [0, 0.1) is 0 Å². The Hall–Kier alpha value is -0.586. The van der Waals surface area contributed by atoms with E-state index in [1.54, 1.807) is 3.88 Å². The molecule has 1 aromatic rings. The van der Waals surface area contributed by atoms with Gasteiger partial charge in [-0.05, 0) is 0 Å². The van der Waals surface area contributed by atoms with Gasteiger partial charge in [0.15, 0.2) is 0 Å². The van der Waals surface area contributed by atoms with Gasteiger partial charge in [0.25, 0.3) is 0 Å². The summed E-state index contributed by atoms with van der Waals surface area (Å²) in [6.07, 6.45) is 7.95. The minimum absolute atomic E-state index is 0.110. The van der Waals surface area contributed by atoms with Crippen LogP contribution < -0.4 is 0 Å². The van der Waals surface area contributed by atoms with E-state index in [0.717, 1.165) is 0 Å². The summed E-state index contributed by atoms with van der Waals surface area (Å²) >= 11 is 0.110. The summed E-state index contributed by atoms with van der Waals surface area (Å²) in [5.74, 6) is 0. The van der Waals surface area contributed by atoms with Gasteiger partial charge < -0.3 is 0 Å². The summed E-state index contributed by atoms with van der Waals surface area (Å²) in [5, 5.41) is 0. The zero-order chi connectivity index (χ0) is 8.93. The van der Waals surface area contributed by atoms with Crippen LogP contribution in [0.5, 0.6) is 0 Å². The van der Waals surface area contributed by atoms with Crippen LogP contribution in [0.3, 0.4) is 0 Å². The minimum atomic E-state index is 0.110. The monoisotopic (exact) mass is 204 g/mol. The van der Waals surface area contributed by atoms with Crippen LogP contribution in [0.4, 0.5) is 0 Å². The molecule has 0 N–H and O–H groups in total. The number of hydrogen-bond donors (Lipinski definition) is 0. The van der Waals surface area contributed by atoms with E-state index in [9.17, 15) is 0 Å². The van der Waals surface area contributed by atoms with Crippen LogP contribution >= 0.6 is 0 Å². The summed E-state index contributed by atoms with van der Waals surface area (Å²) < 4.78 is 2.98. The van der Waals surface area contributed by atoms with E-state index in [4.69, 9.17) is 0 Å². The summed E-state index contributed by atoms with van der Waals surface area (Å²) in [4.78, 5) is 0. The fourth-order valence-corrected chi connectivity index (χ4v) is 3.17. The summed E-state index contributed by atoms with van der Waals surface area (Å²) in [6.45, 7) is 0. The van der Waals surface area contributed by atoms with Crippen LogP contribution in [-0.2, 0) is 23.9 Å². The Morgan fingerprint density at radius 2 is 2.00 bits per heavy atom. The Labute approximate surface area is 88.3 Å². The maximum absolute atomic E-state index is 2.29. The zero-order valence-electron chi connectivity index (χ0n) is 7.53. The van der Waals surface area contributed by atoms with E-state index in [2.05, 4.69) is 48.6 Å². The maximum atomic E-state index is 2.29. The van der Waals surface area contributed by atoms with Crippen molar-refractivity contribution in [2.75, 3.05) is 0 Å². The van der Waals surface area contributed by atoms with Crippen molar-refractivity contribution < 1.29 is 19.2 Å². The van der Waals surface area contributed by atoms with Gasteiger partial charge in [0, 0.05) is 0 Å². The van der Waals surface area contributed by atoms with Crippen molar-refractivity contribution in [2.24, 2.45) is 0 Å². The molecule has 0 aliphatic heterocycles. The molecule has 0 amide bonds. The van der Waals surface area contributed by atoms with Gasteiger partial charge in [0.2, 0.25) is 0 Å². The van der Waals surface area contributed by atoms with Crippen LogP contribution in [0.15, 0.2) is 52.4 Å². The van der Waals surface area contributed by atoms with Gasteiger partial charge in [-0.2, -0.15) is 0 Å². The molecule has 0 fully saturated rings. The van der Waals surface area contributed by atoms with Crippen molar-refractivity contribution in [2.45, 2.75) is 11.1 Å². The van der Waals surface area contributed by atoms with E-state index >= 15 is 0 Å². The first-order valence-corrected chi connectivity index (χ1v) is 6.47. The van der Waals surface area contributed by atoms with Gasteiger partial charge in [0.05, 0.1) is 0 Å². The molecule has 0 atom stereocenters. The standard InChI is InChI=1S/C7H7.C5H5.Ti/c1-7-5-3-2-4-6-7;1-2-4-5-3-1;/h2-6H,1H2;1-3H,4H2;. The predicted octanol–water partition coefficient (Wildman–Crippen LogP) is 3.11. The molecule has 0 unspecified atom stereocenters. The average molecular weight is 204 g/mol. The number of hydrogen-bond acceptors (Lipinski definition) is 0. The molecule has 2 rings (SSSR count). The Balaban J connectivity index is 1.87. The van der Waals surface area contributed by atoms with Crippen molar-refractivity contribution >= 4 is 0 Å². The van der Waals surface area contributed by atoms with Crippen molar-refractivity contribution in [3.63, 3.8) is 0 Å². The van der Waals surface area contributed by atoms with Crippen LogP contribution in [0.2, 0.25) is 0 Å². The first-order chi connectivity index (χ1) is 6.45. The second-order valence-corrected chi connectivity index (χ2v) is 5.27. The van der Waals surface area contributed by atoms with E-state index in [0.29, 0.717) is 0 Å². The van der Waals surface area contributed by atoms with E-state index in [1.807, 2.05) is 0 Å². The molecule has 0 saturated carbocycles. The second-order valence-electron chi connectivity index (χ2n) is 3.16. The van der Waals surface area contributed by atoms with Crippen LogP contribution in [0.1, 0.15) is 12.0 Å².